The van der Waals surface area contributed by atoms with Gasteiger partial charge in [0.15, 0.2) is 12.5 Å². The Hall–Kier alpha value is -0.270. The molecule has 0 aromatic rings. The van der Waals surface area contributed by atoms with E-state index in [0.29, 0.717) is 0 Å². The Kier molecular flexibility index (Phi) is 2.97. The average molecular weight is 181 g/mol. The molecule has 0 radical (unpaired) electrons. The lowest BCUT2D eigenvalue weighted by Crippen LogP contribution is -2.56. The lowest BCUT2D eigenvalue weighted by molar-refractivity contribution is -0.271. The smallest absolute Gasteiger partial charge is 0.189 e. The first-order valence-corrected chi connectivity index (χ1v) is 3.52. The molecule has 3 unspecified atom stereocenters. The van der Waals surface area contributed by atoms with Gasteiger partial charge in [-0.2, -0.15) is 0 Å². The molecule has 4 N–H and O–H groups in total. The quantitative estimate of drug-likeness (QED) is 0.367. The standard InChI is InChI=1S/C6H11FO5/c7-3-5(10)4(9)2(1-8)12-6(3)11/h2-6,8-11H,1H2/t2?,3?,4-,5-,6?/m1/s1/i7-1. The molecule has 5 nitrogen and oxygen atoms in total. The van der Waals surface area contributed by atoms with E-state index in [4.69, 9.17) is 20.4 Å². The Morgan fingerprint density at radius 3 is 2.25 bits per heavy atom. The molecule has 1 rings (SSSR count). The molecular weight excluding hydrogens is 170 g/mol. The number of hydrogen-bond acceptors (Lipinski definition) is 5. The molecule has 72 valence electrons. The number of aliphatic hydroxyl groups excluding tert-OH is 4. The number of halogens is 1. The molecule has 0 bridgehead atoms. The first-order valence-electron chi connectivity index (χ1n) is 3.52. The predicted octanol–water partition coefficient (Wildman–Crippen LogP) is -2.24. The van der Waals surface area contributed by atoms with Crippen molar-refractivity contribution in [2.45, 2.75) is 30.8 Å². The Morgan fingerprint density at radius 1 is 1.17 bits per heavy atom. The van der Waals surface area contributed by atoms with Crippen LogP contribution in [0, 0.1) is 0 Å². The van der Waals surface area contributed by atoms with Crippen LogP contribution in [0.5, 0.6) is 0 Å². The SMILES string of the molecule is OCC1OC(O)C([18F])[C@@H](O)[C@@H]1O. The van der Waals surface area contributed by atoms with E-state index < -0.39 is 37.4 Å². The summed E-state index contributed by atoms with van der Waals surface area (Å²) in [5.41, 5.74) is 0. The molecule has 0 amide bonds. The third-order valence-electron chi connectivity index (χ3n) is 1.82. The van der Waals surface area contributed by atoms with E-state index in [9.17, 15) is 4.39 Å². The molecule has 1 aliphatic heterocycles. The van der Waals surface area contributed by atoms with Crippen LogP contribution in [0.1, 0.15) is 0 Å². The zero-order chi connectivity index (χ0) is 9.30. The zero-order valence-corrected chi connectivity index (χ0v) is 6.17. The molecule has 0 spiro atoms. The van der Waals surface area contributed by atoms with Gasteiger partial charge in [0.05, 0.1) is 6.61 Å². The van der Waals surface area contributed by atoms with E-state index in [0.717, 1.165) is 0 Å². The van der Waals surface area contributed by atoms with Crippen LogP contribution in [0.25, 0.3) is 0 Å². The number of rotatable bonds is 1. The molecule has 0 aliphatic carbocycles. The third kappa shape index (κ3) is 1.57. The maximum Gasteiger partial charge on any atom is 0.189 e. The van der Waals surface area contributed by atoms with E-state index in [2.05, 4.69) is 4.74 Å². The maximum atomic E-state index is 12.7. The van der Waals surface area contributed by atoms with Crippen molar-refractivity contribution < 1.29 is 29.6 Å². The van der Waals surface area contributed by atoms with Crippen LogP contribution in [-0.4, -0.2) is 57.8 Å². The van der Waals surface area contributed by atoms with E-state index in [1.54, 1.807) is 0 Å². The second-order valence-electron chi connectivity index (χ2n) is 2.67. The minimum Gasteiger partial charge on any atom is -0.394 e. The van der Waals surface area contributed by atoms with Gasteiger partial charge in [0.1, 0.15) is 18.3 Å². The van der Waals surface area contributed by atoms with Crippen molar-refractivity contribution in [1.82, 2.24) is 0 Å². The maximum absolute atomic E-state index is 12.7. The lowest BCUT2D eigenvalue weighted by atomic mass is 10.0. The van der Waals surface area contributed by atoms with Crippen molar-refractivity contribution in [3.63, 3.8) is 0 Å². The minimum absolute atomic E-state index is 0.581. The molecular formula is C6H11FO5. The lowest BCUT2D eigenvalue weighted by Gasteiger charge is -2.36. The number of aliphatic hydroxyl groups is 4. The van der Waals surface area contributed by atoms with Crippen LogP contribution in [0.4, 0.5) is 4.39 Å². The molecule has 1 saturated heterocycles. The summed E-state index contributed by atoms with van der Waals surface area (Å²) in [6, 6.07) is 0. The highest BCUT2D eigenvalue weighted by Crippen LogP contribution is 2.21. The summed E-state index contributed by atoms with van der Waals surface area (Å²) in [7, 11) is 0. The summed E-state index contributed by atoms with van der Waals surface area (Å²) >= 11 is 0. The summed E-state index contributed by atoms with van der Waals surface area (Å²) in [5, 5.41) is 35.3. The monoisotopic (exact) mass is 181 g/mol. The zero-order valence-electron chi connectivity index (χ0n) is 6.17. The molecule has 12 heavy (non-hydrogen) atoms. The van der Waals surface area contributed by atoms with Gasteiger partial charge >= 0.3 is 0 Å². The van der Waals surface area contributed by atoms with Crippen LogP contribution in [0.2, 0.25) is 0 Å². The van der Waals surface area contributed by atoms with Crippen molar-refractivity contribution in [2.75, 3.05) is 6.61 Å². The van der Waals surface area contributed by atoms with Crippen LogP contribution in [0.15, 0.2) is 0 Å². The normalized spacial score (nSPS) is 49.2. The van der Waals surface area contributed by atoms with Gasteiger partial charge in [-0.05, 0) is 0 Å². The van der Waals surface area contributed by atoms with Gasteiger partial charge in [-0.15, -0.1) is 0 Å². The second-order valence-corrected chi connectivity index (χ2v) is 2.67. The van der Waals surface area contributed by atoms with Crippen LogP contribution in [-0.2, 0) is 4.74 Å². The summed E-state index contributed by atoms with van der Waals surface area (Å²) < 4.78 is 17.1. The van der Waals surface area contributed by atoms with Crippen LogP contribution >= 0.6 is 0 Å². The van der Waals surface area contributed by atoms with Gasteiger partial charge in [0, 0.05) is 0 Å². The molecule has 0 aromatic heterocycles. The van der Waals surface area contributed by atoms with Crippen molar-refractivity contribution in [3.05, 3.63) is 0 Å². The van der Waals surface area contributed by atoms with Crippen molar-refractivity contribution in [1.29, 1.82) is 0 Å². The summed E-state index contributed by atoms with van der Waals surface area (Å²) in [4.78, 5) is 0. The van der Waals surface area contributed by atoms with Gasteiger partial charge in [0.25, 0.3) is 0 Å². The fourth-order valence-electron chi connectivity index (χ4n) is 1.06. The highest BCUT2D eigenvalue weighted by molar-refractivity contribution is 4.88. The highest BCUT2D eigenvalue weighted by Gasteiger charge is 2.43. The van der Waals surface area contributed by atoms with E-state index >= 15 is 0 Å². The van der Waals surface area contributed by atoms with Gasteiger partial charge in [-0.25, -0.2) is 4.39 Å². The van der Waals surface area contributed by atoms with Gasteiger partial charge in [-0.3, -0.25) is 0 Å². The average Bonchev–Trinajstić information content (AvgIpc) is 2.08. The summed E-state index contributed by atoms with van der Waals surface area (Å²) in [5.74, 6) is 0. The predicted molar refractivity (Wildman–Crippen MR) is 34.9 cm³/mol. The van der Waals surface area contributed by atoms with Crippen molar-refractivity contribution >= 4 is 0 Å². The van der Waals surface area contributed by atoms with Gasteiger partial charge in [0.2, 0.25) is 0 Å². The van der Waals surface area contributed by atoms with E-state index in [1.807, 2.05) is 0 Å². The Balaban J connectivity index is 2.63. The molecule has 5 atom stereocenters. The molecule has 1 heterocycles. The fourth-order valence-corrected chi connectivity index (χ4v) is 1.06. The second kappa shape index (κ2) is 3.63. The first-order chi connectivity index (χ1) is 5.57. The first kappa shape index (κ1) is 9.82. The Bertz CT molecular complexity index is 150. The van der Waals surface area contributed by atoms with E-state index in [-0.39, 0.29) is 0 Å². The number of alkyl halides is 1. The number of ether oxygens (including phenoxy) is 1. The van der Waals surface area contributed by atoms with E-state index in [1.165, 1.54) is 0 Å². The summed E-state index contributed by atoms with van der Waals surface area (Å²) in [6.45, 7) is -0.581. The van der Waals surface area contributed by atoms with Gasteiger partial charge < -0.3 is 25.2 Å². The Labute approximate surface area is 68.0 Å². The molecule has 0 saturated carbocycles. The van der Waals surface area contributed by atoms with Crippen molar-refractivity contribution in [2.24, 2.45) is 0 Å². The Morgan fingerprint density at radius 2 is 1.75 bits per heavy atom. The highest BCUT2D eigenvalue weighted by atomic mass is 18.2. The van der Waals surface area contributed by atoms with Crippen molar-refractivity contribution in [3.8, 4) is 0 Å². The third-order valence-corrected chi connectivity index (χ3v) is 1.82. The molecule has 1 fully saturated rings. The fraction of sp³-hybridized carbons (Fsp3) is 1.00. The summed E-state index contributed by atoms with van der Waals surface area (Å²) in [6.07, 6.45) is -8.19. The largest absolute Gasteiger partial charge is 0.394 e. The number of hydrogen-bond donors (Lipinski definition) is 4. The topological polar surface area (TPSA) is 90.2 Å². The van der Waals surface area contributed by atoms with Crippen LogP contribution < -0.4 is 0 Å². The molecule has 0 aromatic carbocycles. The molecule has 1 aliphatic rings. The minimum atomic E-state index is -2.04. The van der Waals surface area contributed by atoms with Crippen LogP contribution in [0.3, 0.4) is 0 Å². The van der Waals surface area contributed by atoms with Gasteiger partial charge in [-0.1, -0.05) is 0 Å². The molecule has 6 heteroatoms.